The summed E-state index contributed by atoms with van der Waals surface area (Å²) >= 11 is 1.54. The molecule has 1 aromatic rings. The van der Waals surface area contributed by atoms with Crippen molar-refractivity contribution >= 4 is 17.8 Å². The third kappa shape index (κ3) is 2.77. The number of hydrogen-bond acceptors (Lipinski definition) is 5. The molecule has 0 fully saturated rings. The molecule has 1 heterocycles. The van der Waals surface area contributed by atoms with E-state index < -0.39 is 0 Å². The molecule has 0 atom stereocenters. The van der Waals surface area contributed by atoms with E-state index in [0.29, 0.717) is 5.82 Å². The summed E-state index contributed by atoms with van der Waals surface area (Å²) in [5, 5.41) is 9.51. The number of aromatic hydroxyl groups is 1. The molecule has 1 aromatic heterocycles. The average Bonchev–Trinajstić information content (AvgIpc) is 2.21. The summed E-state index contributed by atoms with van der Waals surface area (Å²) in [7, 11) is 0. The average molecular weight is 212 g/mol. The quantitative estimate of drug-likeness (QED) is 0.755. The molecule has 0 spiro atoms. The highest BCUT2D eigenvalue weighted by Crippen LogP contribution is 2.26. The van der Waals surface area contributed by atoms with Crippen LogP contribution in [0.4, 0.5) is 5.82 Å². The van der Waals surface area contributed by atoms with Crippen LogP contribution in [0.5, 0.6) is 5.75 Å². The second-order valence-corrected chi connectivity index (χ2v) is 3.62. The van der Waals surface area contributed by atoms with Gasteiger partial charge in [0.05, 0.1) is 6.20 Å². The Kier molecular flexibility index (Phi) is 4.52. The van der Waals surface area contributed by atoms with Crippen LogP contribution in [0.1, 0.15) is 19.8 Å². The van der Waals surface area contributed by atoms with Crippen LogP contribution in [-0.2, 0) is 0 Å². The van der Waals surface area contributed by atoms with Crippen molar-refractivity contribution in [2.24, 2.45) is 0 Å². The van der Waals surface area contributed by atoms with Gasteiger partial charge in [0.25, 0.3) is 0 Å². The van der Waals surface area contributed by atoms with E-state index in [4.69, 9.17) is 0 Å². The molecule has 77 valence electrons. The highest BCUT2D eigenvalue weighted by molar-refractivity contribution is 7.99. The van der Waals surface area contributed by atoms with Crippen molar-refractivity contribution in [3.63, 3.8) is 0 Å². The molecule has 0 unspecified atom stereocenters. The molecule has 0 amide bonds. The summed E-state index contributed by atoms with van der Waals surface area (Å²) in [6, 6.07) is 0. The summed E-state index contributed by atoms with van der Waals surface area (Å²) in [5.41, 5.74) is 0. The first-order valence-electron chi connectivity index (χ1n) is 4.53. The SMILES string of the molecule is CCCCN(SC)c1n[c]ncc1O. The van der Waals surface area contributed by atoms with E-state index in [-0.39, 0.29) is 5.75 Å². The van der Waals surface area contributed by atoms with Crippen LogP contribution < -0.4 is 4.31 Å². The Balaban J connectivity index is 2.73. The molecular weight excluding hydrogens is 198 g/mol. The first kappa shape index (κ1) is 11.1. The van der Waals surface area contributed by atoms with Gasteiger partial charge in [-0.2, -0.15) is 0 Å². The van der Waals surface area contributed by atoms with Crippen LogP contribution in [0.3, 0.4) is 0 Å². The Hall–Kier alpha value is -0.970. The van der Waals surface area contributed by atoms with Crippen molar-refractivity contribution in [2.45, 2.75) is 19.8 Å². The van der Waals surface area contributed by atoms with E-state index in [1.54, 1.807) is 11.9 Å². The molecular formula is C9H14N3OS. The minimum absolute atomic E-state index is 0.106. The van der Waals surface area contributed by atoms with Crippen LogP contribution >= 0.6 is 11.9 Å². The summed E-state index contributed by atoms with van der Waals surface area (Å²) in [6.07, 6.45) is 7.98. The molecule has 0 aliphatic rings. The molecule has 4 nitrogen and oxygen atoms in total. The minimum Gasteiger partial charge on any atom is -0.503 e. The standard InChI is InChI=1S/C9H14N3OS/c1-3-4-5-12(14-2)9-8(13)6-10-7-11-9/h6,13H,3-5H2,1-2H3. The summed E-state index contributed by atoms with van der Waals surface area (Å²) < 4.78 is 1.94. The Morgan fingerprint density at radius 1 is 1.64 bits per heavy atom. The molecule has 1 radical (unpaired) electrons. The molecule has 0 aliphatic heterocycles. The highest BCUT2D eigenvalue weighted by Gasteiger charge is 2.10. The normalized spacial score (nSPS) is 10.1. The van der Waals surface area contributed by atoms with E-state index in [9.17, 15) is 5.11 Å². The number of aromatic nitrogens is 2. The van der Waals surface area contributed by atoms with Gasteiger partial charge in [-0.05, 0) is 6.42 Å². The van der Waals surface area contributed by atoms with Crippen LogP contribution in [0.25, 0.3) is 0 Å². The maximum Gasteiger partial charge on any atom is 0.200 e. The van der Waals surface area contributed by atoms with Gasteiger partial charge in [-0.15, -0.1) is 0 Å². The van der Waals surface area contributed by atoms with Crippen LogP contribution in [-0.4, -0.2) is 27.9 Å². The maximum atomic E-state index is 9.51. The Labute approximate surface area is 88.5 Å². The van der Waals surface area contributed by atoms with E-state index in [1.165, 1.54) is 6.20 Å². The molecule has 14 heavy (non-hydrogen) atoms. The fourth-order valence-electron chi connectivity index (χ4n) is 1.05. The lowest BCUT2D eigenvalue weighted by atomic mass is 10.3. The van der Waals surface area contributed by atoms with Crippen molar-refractivity contribution in [2.75, 3.05) is 17.1 Å². The van der Waals surface area contributed by atoms with Gasteiger partial charge in [-0.25, -0.2) is 9.97 Å². The van der Waals surface area contributed by atoms with Crippen molar-refractivity contribution in [3.05, 3.63) is 12.5 Å². The monoisotopic (exact) mass is 212 g/mol. The molecule has 0 saturated heterocycles. The topological polar surface area (TPSA) is 49.2 Å². The molecule has 1 rings (SSSR count). The fraction of sp³-hybridized carbons (Fsp3) is 0.556. The molecule has 0 aliphatic carbocycles. The zero-order valence-corrected chi connectivity index (χ0v) is 9.21. The summed E-state index contributed by atoms with van der Waals surface area (Å²) in [4.78, 5) is 7.54. The van der Waals surface area contributed by atoms with Crippen molar-refractivity contribution in [3.8, 4) is 5.75 Å². The molecule has 0 aromatic carbocycles. The largest absolute Gasteiger partial charge is 0.503 e. The summed E-state index contributed by atoms with van der Waals surface area (Å²) in [6.45, 7) is 3.00. The lowest BCUT2D eigenvalue weighted by Gasteiger charge is -2.19. The number of anilines is 1. The van der Waals surface area contributed by atoms with Gasteiger partial charge in [0.1, 0.15) is 0 Å². The van der Waals surface area contributed by atoms with Crippen molar-refractivity contribution in [1.29, 1.82) is 0 Å². The third-order valence-electron chi connectivity index (χ3n) is 1.80. The number of nitrogens with zero attached hydrogens (tertiary/aromatic N) is 3. The van der Waals surface area contributed by atoms with Gasteiger partial charge >= 0.3 is 0 Å². The lowest BCUT2D eigenvalue weighted by molar-refractivity contribution is 0.470. The van der Waals surface area contributed by atoms with Crippen molar-refractivity contribution < 1.29 is 5.11 Å². The van der Waals surface area contributed by atoms with Crippen LogP contribution in [0.2, 0.25) is 0 Å². The highest BCUT2D eigenvalue weighted by atomic mass is 32.2. The molecule has 5 heteroatoms. The number of unbranched alkanes of at least 4 members (excludes halogenated alkanes) is 1. The first-order chi connectivity index (χ1) is 6.79. The van der Waals surface area contributed by atoms with Crippen LogP contribution in [0.15, 0.2) is 6.20 Å². The van der Waals surface area contributed by atoms with Gasteiger partial charge < -0.3 is 5.11 Å². The number of rotatable bonds is 5. The second-order valence-electron chi connectivity index (χ2n) is 2.82. The van der Waals surface area contributed by atoms with E-state index in [2.05, 4.69) is 23.2 Å². The second kappa shape index (κ2) is 5.70. The lowest BCUT2D eigenvalue weighted by Crippen LogP contribution is -2.16. The van der Waals surface area contributed by atoms with Gasteiger partial charge in [-0.3, -0.25) is 4.31 Å². The zero-order valence-electron chi connectivity index (χ0n) is 8.40. The van der Waals surface area contributed by atoms with Gasteiger partial charge in [-0.1, -0.05) is 25.3 Å². The minimum atomic E-state index is 0.106. The van der Waals surface area contributed by atoms with E-state index in [1.807, 2.05) is 10.6 Å². The Morgan fingerprint density at radius 2 is 2.43 bits per heavy atom. The van der Waals surface area contributed by atoms with Gasteiger partial charge in [0, 0.05) is 12.8 Å². The van der Waals surface area contributed by atoms with Crippen molar-refractivity contribution in [1.82, 2.24) is 9.97 Å². The van der Waals surface area contributed by atoms with Crippen LogP contribution in [0, 0.1) is 6.33 Å². The zero-order chi connectivity index (χ0) is 10.4. The first-order valence-corrected chi connectivity index (χ1v) is 5.71. The van der Waals surface area contributed by atoms with Gasteiger partial charge in [0.15, 0.2) is 17.9 Å². The molecule has 0 saturated carbocycles. The Bertz CT molecular complexity index is 283. The molecule has 0 bridgehead atoms. The maximum absolute atomic E-state index is 9.51. The summed E-state index contributed by atoms with van der Waals surface area (Å²) in [5.74, 6) is 0.648. The van der Waals surface area contributed by atoms with E-state index in [0.717, 1.165) is 19.4 Å². The predicted molar refractivity (Wildman–Crippen MR) is 58.3 cm³/mol. The fourth-order valence-corrected chi connectivity index (χ4v) is 1.67. The predicted octanol–water partition coefficient (Wildman–Crippen LogP) is 1.87. The van der Waals surface area contributed by atoms with E-state index >= 15 is 0 Å². The number of hydrogen-bond donors (Lipinski definition) is 1. The Morgan fingerprint density at radius 3 is 3.00 bits per heavy atom. The third-order valence-corrected chi connectivity index (χ3v) is 2.60. The molecule has 1 N–H and O–H groups in total. The van der Waals surface area contributed by atoms with Gasteiger partial charge in [0.2, 0.25) is 0 Å². The smallest absolute Gasteiger partial charge is 0.200 e.